The van der Waals surface area contributed by atoms with Gasteiger partial charge in [-0.1, -0.05) is 48.0 Å². The molecule has 3 N–H and O–H groups in total. The van der Waals surface area contributed by atoms with Crippen LogP contribution in [0.5, 0.6) is 0 Å². The number of benzene rings is 2. The number of rotatable bonds is 7. The number of carbonyl (C=O) groups is 1. The van der Waals surface area contributed by atoms with Crippen molar-refractivity contribution in [3.8, 4) is 11.4 Å². The van der Waals surface area contributed by atoms with Crippen molar-refractivity contribution in [2.24, 2.45) is 0 Å². The topological polar surface area (TPSA) is 113 Å². The molecule has 0 atom stereocenters. The molecule has 0 fully saturated rings. The van der Waals surface area contributed by atoms with Crippen LogP contribution in [-0.2, 0) is 10.0 Å². The Hall–Kier alpha value is -2.53. The van der Waals surface area contributed by atoms with Gasteiger partial charge in [0.05, 0.1) is 4.90 Å². The van der Waals surface area contributed by atoms with Gasteiger partial charge in [-0.25, -0.2) is 17.9 Å². The summed E-state index contributed by atoms with van der Waals surface area (Å²) in [7, 11) is -3.69. The van der Waals surface area contributed by atoms with Gasteiger partial charge >= 0.3 is 6.03 Å². The van der Waals surface area contributed by atoms with E-state index in [1.807, 2.05) is 30.3 Å². The molecule has 0 saturated heterocycles. The number of nitrogens with zero attached hydrogens (tertiary/aromatic N) is 2. The van der Waals surface area contributed by atoms with Crippen molar-refractivity contribution in [1.29, 1.82) is 0 Å². The highest BCUT2D eigenvalue weighted by Gasteiger charge is 2.14. The van der Waals surface area contributed by atoms with Crippen LogP contribution in [0.4, 0.5) is 9.93 Å². The zero-order valence-corrected chi connectivity index (χ0v) is 16.8. The van der Waals surface area contributed by atoms with Crippen LogP contribution in [0.3, 0.4) is 0 Å². The standard InChI is InChI=1S/C17H16ClN5O3S2/c18-13-7-4-8-14(11-13)28(25,26)20-10-9-19-16(24)22-17-21-15(23-27-17)12-5-2-1-3-6-12/h1-8,11,20H,9-10H2,(H2,19,21,22,23,24). The first kappa shape index (κ1) is 20.2. The van der Waals surface area contributed by atoms with E-state index in [4.69, 9.17) is 11.6 Å². The molecule has 11 heteroatoms. The number of amides is 2. The summed E-state index contributed by atoms with van der Waals surface area (Å²) in [5.74, 6) is 0.523. The van der Waals surface area contributed by atoms with E-state index >= 15 is 0 Å². The molecule has 1 heterocycles. The summed E-state index contributed by atoms with van der Waals surface area (Å²) in [6.07, 6.45) is 0. The maximum absolute atomic E-state index is 12.1. The molecule has 1 aromatic heterocycles. The maximum Gasteiger partial charge on any atom is 0.321 e. The Morgan fingerprint density at radius 3 is 2.61 bits per heavy atom. The maximum atomic E-state index is 12.1. The molecule has 0 aliphatic heterocycles. The summed E-state index contributed by atoms with van der Waals surface area (Å²) in [6.45, 7) is 0.115. The number of anilines is 1. The van der Waals surface area contributed by atoms with Crippen molar-refractivity contribution >= 4 is 44.3 Å². The predicted octanol–water partition coefficient (Wildman–Crippen LogP) is 2.96. The molecule has 2 amide bonds. The number of hydrogen-bond donors (Lipinski definition) is 3. The third-order valence-corrected chi connectivity index (χ3v) is 5.81. The molecule has 0 radical (unpaired) electrons. The zero-order chi connectivity index (χ0) is 20.0. The quantitative estimate of drug-likeness (QED) is 0.492. The highest BCUT2D eigenvalue weighted by atomic mass is 35.5. The van der Waals surface area contributed by atoms with E-state index in [0.29, 0.717) is 16.0 Å². The minimum atomic E-state index is -3.69. The van der Waals surface area contributed by atoms with E-state index in [2.05, 4.69) is 24.7 Å². The van der Waals surface area contributed by atoms with E-state index < -0.39 is 16.1 Å². The van der Waals surface area contributed by atoms with Crippen molar-refractivity contribution in [3.63, 3.8) is 0 Å². The Kier molecular flexibility index (Phi) is 6.57. The molecular formula is C17H16ClN5O3S2. The van der Waals surface area contributed by atoms with Gasteiger partial charge in [0.15, 0.2) is 5.82 Å². The van der Waals surface area contributed by atoms with Crippen LogP contribution in [0, 0.1) is 0 Å². The fourth-order valence-electron chi connectivity index (χ4n) is 2.20. The summed E-state index contributed by atoms with van der Waals surface area (Å²) >= 11 is 6.86. The second kappa shape index (κ2) is 9.11. The number of aromatic nitrogens is 2. The van der Waals surface area contributed by atoms with E-state index in [0.717, 1.165) is 17.1 Å². The molecule has 0 bridgehead atoms. The van der Waals surface area contributed by atoms with Crippen molar-refractivity contribution in [2.45, 2.75) is 4.90 Å². The average Bonchev–Trinajstić information content (AvgIpc) is 3.14. The molecular weight excluding hydrogens is 422 g/mol. The van der Waals surface area contributed by atoms with Gasteiger partial charge in [0.2, 0.25) is 15.2 Å². The van der Waals surface area contributed by atoms with E-state index in [1.54, 1.807) is 12.1 Å². The summed E-state index contributed by atoms with van der Waals surface area (Å²) in [4.78, 5) is 16.2. The zero-order valence-electron chi connectivity index (χ0n) is 14.4. The highest BCUT2D eigenvalue weighted by molar-refractivity contribution is 7.89. The third-order valence-electron chi connectivity index (χ3n) is 3.49. The lowest BCUT2D eigenvalue weighted by molar-refractivity contribution is 0.252. The summed E-state index contributed by atoms with van der Waals surface area (Å²) in [5, 5.41) is 5.79. The smallest absolute Gasteiger partial charge is 0.321 e. The number of urea groups is 1. The van der Waals surface area contributed by atoms with Gasteiger partial charge in [0, 0.05) is 35.2 Å². The van der Waals surface area contributed by atoms with Gasteiger partial charge in [-0.15, -0.1) is 0 Å². The number of halogens is 1. The Labute approximate surface area is 171 Å². The van der Waals surface area contributed by atoms with Crippen LogP contribution >= 0.6 is 23.1 Å². The van der Waals surface area contributed by atoms with Gasteiger partial charge in [-0.2, -0.15) is 9.36 Å². The molecule has 0 aliphatic carbocycles. The van der Waals surface area contributed by atoms with Gasteiger partial charge in [0.1, 0.15) is 0 Å². The lowest BCUT2D eigenvalue weighted by Crippen LogP contribution is -2.36. The minimum absolute atomic E-state index is 0.0215. The van der Waals surface area contributed by atoms with Gasteiger partial charge in [0.25, 0.3) is 0 Å². The molecule has 8 nitrogen and oxygen atoms in total. The van der Waals surface area contributed by atoms with Crippen LogP contribution in [0.2, 0.25) is 5.02 Å². The van der Waals surface area contributed by atoms with Gasteiger partial charge in [-0.05, 0) is 18.2 Å². The lowest BCUT2D eigenvalue weighted by atomic mass is 10.2. The van der Waals surface area contributed by atoms with Crippen molar-refractivity contribution in [2.75, 3.05) is 18.4 Å². The van der Waals surface area contributed by atoms with Crippen LogP contribution in [0.25, 0.3) is 11.4 Å². The normalized spacial score (nSPS) is 11.2. The second-order valence-corrected chi connectivity index (χ2v) is 8.48. The molecule has 2 aromatic carbocycles. The van der Waals surface area contributed by atoms with Gasteiger partial charge in [-0.3, -0.25) is 5.32 Å². The SMILES string of the molecule is O=C(NCCNS(=O)(=O)c1cccc(Cl)c1)Nc1nc(-c2ccccc2)ns1. The average molecular weight is 438 g/mol. The molecule has 0 saturated carbocycles. The Bertz CT molecular complexity index is 1060. The first-order chi connectivity index (χ1) is 13.4. The van der Waals surface area contributed by atoms with Crippen LogP contribution in [0.1, 0.15) is 0 Å². The molecule has 0 aliphatic rings. The Balaban J connectivity index is 1.46. The predicted molar refractivity (Wildman–Crippen MR) is 109 cm³/mol. The molecule has 146 valence electrons. The summed E-state index contributed by atoms with van der Waals surface area (Å²) < 4.78 is 30.9. The van der Waals surface area contributed by atoms with Gasteiger partial charge < -0.3 is 5.32 Å². The second-order valence-electron chi connectivity index (χ2n) is 5.53. The lowest BCUT2D eigenvalue weighted by Gasteiger charge is -2.08. The first-order valence-electron chi connectivity index (χ1n) is 8.13. The first-order valence-corrected chi connectivity index (χ1v) is 10.8. The Morgan fingerprint density at radius 2 is 1.86 bits per heavy atom. The highest BCUT2D eigenvalue weighted by Crippen LogP contribution is 2.20. The molecule has 3 rings (SSSR count). The fourth-order valence-corrected chi connectivity index (χ4v) is 4.12. The minimum Gasteiger partial charge on any atom is -0.336 e. The number of hydrogen-bond acceptors (Lipinski definition) is 6. The number of sulfonamides is 1. The van der Waals surface area contributed by atoms with Crippen molar-refractivity contribution in [1.82, 2.24) is 19.4 Å². The Morgan fingerprint density at radius 1 is 1.07 bits per heavy atom. The van der Waals surface area contributed by atoms with E-state index in [1.165, 1.54) is 12.1 Å². The molecule has 3 aromatic rings. The largest absolute Gasteiger partial charge is 0.336 e. The van der Waals surface area contributed by atoms with Crippen LogP contribution in [0.15, 0.2) is 59.5 Å². The van der Waals surface area contributed by atoms with E-state index in [9.17, 15) is 13.2 Å². The molecule has 0 spiro atoms. The van der Waals surface area contributed by atoms with Crippen molar-refractivity contribution < 1.29 is 13.2 Å². The summed E-state index contributed by atoms with van der Waals surface area (Å²) in [6, 6.07) is 14.8. The van der Waals surface area contributed by atoms with E-state index in [-0.39, 0.29) is 18.0 Å². The molecule has 0 unspecified atom stereocenters. The van der Waals surface area contributed by atoms with Crippen LogP contribution < -0.4 is 15.4 Å². The van der Waals surface area contributed by atoms with Crippen molar-refractivity contribution in [3.05, 3.63) is 59.6 Å². The third kappa shape index (κ3) is 5.49. The summed E-state index contributed by atoms with van der Waals surface area (Å²) in [5.41, 5.74) is 0.850. The molecule has 28 heavy (non-hydrogen) atoms. The number of nitrogens with one attached hydrogen (secondary N) is 3. The number of carbonyl (C=O) groups excluding carboxylic acids is 1. The monoisotopic (exact) mass is 437 g/mol. The fraction of sp³-hybridized carbons (Fsp3) is 0.118. The van der Waals surface area contributed by atoms with Crippen LogP contribution in [-0.4, -0.2) is 36.9 Å².